The van der Waals surface area contributed by atoms with Gasteiger partial charge in [0.1, 0.15) is 6.04 Å². The molecule has 0 spiro atoms. The van der Waals surface area contributed by atoms with E-state index in [1.165, 1.54) is 0 Å². The zero-order valence-corrected chi connectivity index (χ0v) is 18.8. The number of rotatable bonds is 2. The predicted molar refractivity (Wildman–Crippen MR) is 116 cm³/mol. The number of carbonyl (C=O) groups is 4. The fourth-order valence-electron chi connectivity index (χ4n) is 5.51. The van der Waals surface area contributed by atoms with Crippen LogP contribution in [0, 0.1) is 0 Å². The van der Waals surface area contributed by atoms with Crippen molar-refractivity contribution in [2.45, 2.75) is 71.1 Å². The Balaban J connectivity index is 1.58. The molecule has 3 heterocycles. The monoisotopic (exact) mass is 426 g/mol. The van der Waals surface area contributed by atoms with Gasteiger partial charge in [0.15, 0.2) is 0 Å². The van der Waals surface area contributed by atoms with Gasteiger partial charge in [0.25, 0.3) is 11.8 Å². The zero-order chi connectivity index (χ0) is 22.7. The van der Waals surface area contributed by atoms with Gasteiger partial charge in [0.05, 0.1) is 11.1 Å². The Morgan fingerprint density at radius 3 is 2.13 bits per heavy atom. The highest BCUT2D eigenvalue weighted by Gasteiger charge is 2.45. The van der Waals surface area contributed by atoms with Gasteiger partial charge in [-0.2, -0.15) is 0 Å². The highest BCUT2D eigenvalue weighted by atomic mass is 16.2. The lowest BCUT2D eigenvalue weighted by Crippen LogP contribution is -2.62. The first-order valence-electron chi connectivity index (χ1n) is 10.9. The largest absolute Gasteiger partial charge is 0.368 e. The highest BCUT2D eigenvalue weighted by Crippen LogP contribution is 2.33. The molecule has 1 aromatic rings. The number of hydrogen-bond donors (Lipinski definition) is 1. The molecule has 0 saturated carbocycles. The van der Waals surface area contributed by atoms with Crippen molar-refractivity contribution in [2.24, 2.45) is 0 Å². The molecule has 8 nitrogen and oxygen atoms in total. The molecule has 4 rings (SSSR count). The van der Waals surface area contributed by atoms with Crippen molar-refractivity contribution in [3.05, 3.63) is 29.3 Å². The topological polar surface area (TPSA) is 90.0 Å². The van der Waals surface area contributed by atoms with Gasteiger partial charge in [-0.3, -0.25) is 34.3 Å². The molecule has 3 atom stereocenters. The minimum absolute atomic E-state index is 0.0632. The van der Waals surface area contributed by atoms with Gasteiger partial charge in [0.2, 0.25) is 11.8 Å². The van der Waals surface area contributed by atoms with Gasteiger partial charge in [-0.15, -0.1) is 0 Å². The number of nitrogens with zero attached hydrogens (tertiary/aromatic N) is 3. The van der Waals surface area contributed by atoms with Crippen LogP contribution in [0.25, 0.3) is 0 Å². The average Bonchev–Trinajstić information content (AvgIpc) is 2.90. The standard InChI is InChI=1S/C23H30N4O4/c1-13-11-25(12-14(2)27(13)23(3,4)5)15-6-7-16-17(10-15)22(31)26(21(16)30)18-8-9-19(28)24-20(18)29/h6-7,10,13-14,18H,8-9,11-12H2,1-5H3,(H,24,28,29)/t13?,14?,18-/m1/s1. The molecule has 1 aromatic carbocycles. The summed E-state index contributed by atoms with van der Waals surface area (Å²) in [6.07, 6.45) is 0.273. The van der Waals surface area contributed by atoms with E-state index in [9.17, 15) is 19.2 Å². The smallest absolute Gasteiger partial charge is 0.262 e. The third-order valence-corrected chi connectivity index (χ3v) is 6.48. The number of fused-ring (bicyclic) bond motifs is 1. The summed E-state index contributed by atoms with van der Waals surface area (Å²) in [5, 5.41) is 2.23. The molecule has 2 fully saturated rings. The third kappa shape index (κ3) is 3.63. The Hall–Kier alpha value is -2.74. The van der Waals surface area contributed by atoms with Crippen LogP contribution in [0.3, 0.4) is 0 Å². The molecule has 3 aliphatic heterocycles. The summed E-state index contributed by atoms with van der Waals surface area (Å²) in [6.45, 7) is 12.7. The van der Waals surface area contributed by atoms with Crippen LogP contribution >= 0.6 is 0 Å². The molecule has 1 N–H and O–H groups in total. The fourth-order valence-corrected chi connectivity index (χ4v) is 5.51. The van der Waals surface area contributed by atoms with Crippen molar-refractivity contribution in [1.82, 2.24) is 15.1 Å². The van der Waals surface area contributed by atoms with Crippen molar-refractivity contribution in [1.29, 1.82) is 0 Å². The van der Waals surface area contributed by atoms with E-state index >= 15 is 0 Å². The van der Waals surface area contributed by atoms with Crippen molar-refractivity contribution in [3.8, 4) is 0 Å². The second-order valence-corrected chi connectivity index (χ2v) is 9.86. The van der Waals surface area contributed by atoms with Crippen LogP contribution in [0.2, 0.25) is 0 Å². The van der Waals surface area contributed by atoms with E-state index in [-0.39, 0.29) is 24.3 Å². The SMILES string of the molecule is CC1CN(c2ccc3c(c2)C(=O)N([C@@H]2CCC(=O)NC2=O)C3=O)CC(C)N1C(C)(C)C. The summed E-state index contributed by atoms with van der Waals surface area (Å²) in [4.78, 5) is 55.5. The lowest BCUT2D eigenvalue weighted by molar-refractivity contribution is -0.136. The van der Waals surface area contributed by atoms with E-state index in [4.69, 9.17) is 0 Å². The van der Waals surface area contributed by atoms with Gasteiger partial charge in [0, 0.05) is 42.8 Å². The summed E-state index contributed by atoms with van der Waals surface area (Å²) in [5.41, 5.74) is 1.60. The molecule has 4 amide bonds. The molecule has 0 aliphatic carbocycles. The maximum atomic E-state index is 13.1. The van der Waals surface area contributed by atoms with Crippen LogP contribution in [0.15, 0.2) is 18.2 Å². The lowest BCUT2D eigenvalue weighted by atomic mass is 9.96. The Kier molecular flexibility index (Phi) is 5.16. The molecule has 166 valence electrons. The third-order valence-electron chi connectivity index (χ3n) is 6.48. The van der Waals surface area contributed by atoms with E-state index in [0.717, 1.165) is 23.7 Å². The van der Waals surface area contributed by atoms with Crippen LogP contribution in [0.1, 0.15) is 68.2 Å². The predicted octanol–water partition coefficient (Wildman–Crippen LogP) is 1.79. The van der Waals surface area contributed by atoms with Crippen LogP contribution in [0.5, 0.6) is 0 Å². The maximum absolute atomic E-state index is 13.1. The quantitative estimate of drug-likeness (QED) is 0.725. The summed E-state index contributed by atoms with van der Waals surface area (Å²) < 4.78 is 0. The number of nitrogens with one attached hydrogen (secondary N) is 1. The molecular formula is C23H30N4O4. The fraction of sp³-hybridized carbons (Fsp3) is 0.565. The second-order valence-electron chi connectivity index (χ2n) is 9.86. The molecule has 2 unspecified atom stereocenters. The van der Waals surface area contributed by atoms with Crippen molar-refractivity contribution < 1.29 is 19.2 Å². The highest BCUT2D eigenvalue weighted by molar-refractivity contribution is 6.23. The summed E-state index contributed by atoms with van der Waals surface area (Å²) in [6, 6.07) is 5.05. The lowest BCUT2D eigenvalue weighted by Gasteiger charge is -2.51. The van der Waals surface area contributed by atoms with Gasteiger partial charge >= 0.3 is 0 Å². The van der Waals surface area contributed by atoms with Gasteiger partial charge in [-0.1, -0.05) is 0 Å². The molecule has 0 radical (unpaired) electrons. The Labute approximate surface area is 182 Å². The Morgan fingerprint density at radius 1 is 0.935 bits per heavy atom. The molecular weight excluding hydrogens is 396 g/mol. The van der Waals surface area contributed by atoms with Crippen molar-refractivity contribution in [3.63, 3.8) is 0 Å². The van der Waals surface area contributed by atoms with Gasteiger partial charge in [-0.25, -0.2) is 0 Å². The molecule has 2 saturated heterocycles. The van der Waals surface area contributed by atoms with E-state index in [1.807, 2.05) is 6.07 Å². The number of anilines is 1. The first kappa shape index (κ1) is 21.5. The van der Waals surface area contributed by atoms with Crippen LogP contribution < -0.4 is 10.2 Å². The average molecular weight is 427 g/mol. The number of hydrogen-bond acceptors (Lipinski definition) is 6. The molecule has 8 heteroatoms. The minimum atomic E-state index is -0.941. The first-order valence-corrected chi connectivity index (χ1v) is 10.9. The Morgan fingerprint density at radius 2 is 1.55 bits per heavy atom. The summed E-state index contributed by atoms with van der Waals surface area (Å²) in [7, 11) is 0. The minimum Gasteiger partial charge on any atom is -0.368 e. The zero-order valence-electron chi connectivity index (χ0n) is 18.8. The van der Waals surface area contributed by atoms with E-state index in [2.05, 4.69) is 49.7 Å². The molecule has 3 aliphatic rings. The Bertz CT molecular complexity index is 955. The van der Waals surface area contributed by atoms with Gasteiger partial charge in [-0.05, 0) is 59.2 Å². The summed E-state index contributed by atoms with van der Waals surface area (Å²) in [5.74, 6) is -1.91. The normalized spacial score (nSPS) is 27.6. The second kappa shape index (κ2) is 7.44. The molecule has 31 heavy (non-hydrogen) atoms. The van der Waals surface area contributed by atoms with E-state index in [0.29, 0.717) is 23.2 Å². The van der Waals surface area contributed by atoms with Crippen LogP contribution in [-0.2, 0) is 9.59 Å². The number of imide groups is 2. The van der Waals surface area contributed by atoms with Crippen molar-refractivity contribution >= 4 is 29.3 Å². The number of benzene rings is 1. The van der Waals surface area contributed by atoms with E-state index < -0.39 is 23.8 Å². The molecule has 0 bridgehead atoms. The number of amides is 4. The molecule has 0 aromatic heterocycles. The first-order chi connectivity index (χ1) is 14.5. The van der Waals surface area contributed by atoms with Crippen molar-refractivity contribution in [2.75, 3.05) is 18.0 Å². The number of piperazine rings is 1. The maximum Gasteiger partial charge on any atom is 0.262 e. The summed E-state index contributed by atoms with van der Waals surface area (Å²) >= 11 is 0. The van der Waals surface area contributed by atoms with Crippen LogP contribution in [0.4, 0.5) is 5.69 Å². The van der Waals surface area contributed by atoms with E-state index in [1.54, 1.807) is 12.1 Å². The number of piperidine rings is 1. The number of carbonyl (C=O) groups excluding carboxylic acids is 4. The van der Waals surface area contributed by atoms with Crippen LogP contribution in [-0.4, -0.2) is 70.2 Å². The van der Waals surface area contributed by atoms with Gasteiger partial charge < -0.3 is 4.90 Å².